The van der Waals surface area contributed by atoms with Gasteiger partial charge in [0.05, 0.1) is 11.5 Å². The van der Waals surface area contributed by atoms with Crippen molar-refractivity contribution in [2.75, 3.05) is 0 Å². The number of hydrogen-bond acceptors (Lipinski definition) is 1. The topological polar surface area (TPSA) is 27.7 Å². The maximum atomic E-state index is 9.32. The van der Waals surface area contributed by atoms with Crippen LogP contribution < -0.4 is 4.57 Å². The van der Waals surface area contributed by atoms with Crippen LogP contribution in [0.2, 0.25) is 0 Å². The van der Waals surface area contributed by atoms with Crippen molar-refractivity contribution in [2.45, 2.75) is 52.4 Å². The predicted molar refractivity (Wildman–Crippen MR) is 95.1 cm³/mol. The Hall–Kier alpha value is -2.14. The molecule has 1 aromatic heterocycles. The minimum atomic E-state index is -0.471. The largest absolute Gasteiger partial charge is 0.212 e. The molecule has 0 saturated carbocycles. The fourth-order valence-corrected chi connectivity index (χ4v) is 2.74. The monoisotopic (exact) mass is 307 g/mol. The number of nitriles is 1. The normalized spacial score (nSPS) is 12.1. The molecule has 1 heterocycles. The highest BCUT2D eigenvalue weighted by molar-refractivity contribution is 5.62. The Kier molecular flexibility index (Phi) is 4.35. The molecular formula is C21H27N2+. The van der Waals surface area contributed by atoms with Crippen molar-refractivity contribution < 1.29 is 4.57 Å². The lowest BCUT2D eigenvalue weighted by atomic mass is 9.84. The molecule has 1 aromatic carbocycles. The Balaban J connectivity index is 2.50. The maximum Gasteiger partial charge on any atom is 0.212 e. The van der Waals surface area contributed by atoms with Crippen LogP contribution in [0.3, 0.4) is 0 Å². The minimum absolute atomic E-state index is 0.159. The number of benzene rings is 1. The summed E-state index contributed by atoms with van der Waals surface area (Å²) in [7, 11) is 2.05. The first kappa shape index (κ1) is 17.2. The summed E-state index contributed by atoms with van der Waals surface area (Å²) in [5, 5.41) is 9.32. The summed E-state index contributed by atoms with van der Waals surface area (Å²) in [5.74, 6) is 0. The van der Waals surface area contributed by atoms with Crippen molar-refractivity contribution >= 4 is 0 Å². The molecule has 0 spiro atoms. The highest BCUT2D eigenvalue weighted by Crippen LogP contribution is 2.29. The van der Waals surface area contributed by atoms with E-state index in [1.165, 1.54) is 22.4 Å². The highest BCUT2D eigenvalue weighted by Gasteiger charge is 2.24. The molecule has 0 aliphatic heterocycles. The number of nitrogens with zero attached hydrogens (tertiary/aromatic N) is 2. The summed E-state index contributed by atoms with van der Waals surface area (Å²) >= 11 is 0. The molecular weight excluding hydrogens is 280 g/mol. The fraction of sp³-hybridized carbons (Fsp3) is 0.429. The van der Waals surface area contributed by atoms with Gasteiger partial charge in [0.2, 0.25) is 5.69 Å². The van der Waals surface area contributed by atoms with Gasteiger partial charge in [-0.25, -0.2) is 4.57 Å². The summed E-state index contributed by atoms with van der Waals surface area (Å²) in [5.41, 5.74) is 5.76. The molecule has 120 valence electrons. The predicted octanol–water partition coefficient (Wildman–Crippen LogP) is 4.59. The van der Waals surface area contributed by atoms with E-state index in [2.05, 4.69) is 74.9 Å². The standard InChI is InChI=1S/C21H27N2/c1-15-12-16(20(2,3)4)8-10-18(15)19-11-9-17(13-23(19)7)21(5,6)14-22/h8-13H,1-7H3/q+1. The zero-order chi connectivity index (χ0) is 17.4. The lowest BCUT2D eigenvalue weighted by Gasteiger charge is -2.20. The van der Waals surface area contributed by atoms with Gasteiger partial charge in [0, 0.05) is 17.2 Å². The van der Waals surface area contributed by atoms with Crippen LogP contribution >= 0.6 is 0 Å². The second kappa shape index (κ2) is 5.81. The molecule has 2 nitrogen and oxygen atoms in total. The summed E-state index contributed by atoms with van der Waals surface area (Å²) in [4.78, 5) is 0. The Morgan fingerprint density at radius 3 is 2.04 bits per heavy atom. The Morgan fingerprint density at radius 1 is 0.957 bits per heavy atom. The average Bonchev–Trinajstić information content (AvgIpc) is 2.46. The molecule has 0 amide bonds. The Morgan fingerprint density at radius 2 is 1.57 bits per heavy atom. The van der Waals surface area contributed by atoms with Gasteiger partial charge < -0.3 is 0 Å². The Bertz CT molecular complexity index is 771. The van der Waals surface area contributed by atoms with Gasteiger partial charge in [0.1, 0.15) is 7.05 Å². The first-order valence-corrected chi connectivity index (χ1v) is 8.09. The third-order valence-corrected chi connectivity index (χ3v) is 4.50. The zero-order valence-corrected chi connectivity index (χ0v) is 15.4. The number of aryl methyl sites for hydroxylation is 2. The number of pyridine rings is 1. The van der Waals surface area contributed by atoms with Gasteiger partial charge in [-0.2, -0.15) is 5.26 Å². The summed E-state index contributed by atoms with van der Waals surface area (Å²) in [6.07, 6.45) is 2.07. The average molecular weight is 307 g/mol. The van der Waals surface area contributed by atoms with Crippen molar-refractivity contribution in [3.05, 3.63) is 53.2 Å². The number of hydrogen-bond donors (Lipinski definition) is 0. The molecule has 2 rings (SSSR count). The first-order chi connectivity index (χ1) is 10.6. The van der Waals surface area contributed by atoms with E-state index in [9.17, 15) is 5.26 Å². The summed E-state index contributed by atoms with van der Waals surface area (Å²) in [6.45, 7) is 12.8. The number of aromatic nitrogens is 1. The second-order valence-corrected chi connectivity index (χ2v) is 7.93. The van der Waals surface area contributed by atoms with Crippen molar-refractivity contribution in [3.63, 3.8) is 0 Å². The van der Waals surface area contributed by atoms with Crippen LogP contribution in [0.25, 0.3) is 11.3 Å². The van der Waals surface area contributed by atoms with Crippen LogP contribution in [-0.2, 0) is 17.9 Å². The number of rotatable bonds is 2. The SMILES string of the molecule is Cc1cc(C(C)(C)C)ccc1-c1ccc(C(C)(C)C#N)c[n+]1C. The molecule has 0 unspecified atom stereocenters. The van der Waals surface area contributed by atoms with Crippen LogP contribution in [-0.4, -0.2) is 0 Å². The van der Waals surface area contributed by atoms with Crippen molar-refractivity contribution in [1.29, 1.82) is 5.26 Å². The van der Waals surface area contributed by atoms with E-state index in [0.717, 1.165) is 5.56 Å². The van der Waals surface area contributed by atoms with Gasteiger partial charge in [-0.1, -0.05) is 32.9 Å². The summed E-state index contributed by atoms with van der Waals surface area (Å²) < 4.78 is 2.12. The van der Waals surface area contributed by atoms with E-state index in [1.807, 2.05) is 20.9 Å². The van der Waals surface area contributed by atoms with Gasteiger partial charge in [0.15, 0.2) is 6.20 Å². The van der Waals surface area contributed by atoms with Gasteiger partial charge in [-0.05, 0) is 49.4 Å². The molecule has 0 fully saturated rings. The molecule has 23 heavy (non-hydrogen) atoms. The molecule has 0 saturated heterocycles. The van der Waals surface area contributed by atoms with Gasteiger partial charge in [0.25, 0.3) is 0 Å². The molecule has 0 N–H and O–H groups in total. The van der Waals surface area contributed by atoms with Crippen molar-refractivity contribution in [2.24, 2.45) is 7.05 Å². The van der Waals surface area contributed by atoms with E-state index in [1.54, 1.807) is 0 Å². The fourth-order valence-electron chi connectivity index (χ4n) is 2.74. The first-order valence-electron chi connectivity index (χ1n) is 8.09. The van der Waals surface area contributed by atoms with E-state index >= 15 is 0 Å². The zero-order valence-electron chi connectivity index (χ0n) is 15.4. The van der Waals surface area contributed by atoms with E-state index in [4.69, 9.17) is 0 Å². The van der Waals surface area contributed by atoms with Crippen LogP contribution in [0.4, 0.5) is 0 Å². The Labute approximate surface area is 140 Å². The highest BCUT2D eigenvalue weighted by atomic mass is 14.9. The molecule has 2 heteroatoms. The van der Waals surface area contributed by atoms with E-state index in [0.29, 0.717) is 0 Å². The van der Waals surface area contributed by atoms with Gasteiger partial charge >= 0.3 is 0 Å². The molecule has 0 aliphatic carbocycles. The molecule has 2 aromatic rings. The molecule has 0 bridgehead atoms. The van der Waals surface area contributed by atoms with Crippen molar-refractivity contribution in [3.8, 4) is 17.3 Å². The molecule has 0 radical (unpaired) electrons. The second-order valence-electron chi connectivity index (χ2n) is 7.93. The van der Waals surface area contributed by atoms with Gasteiger partial charge in [-0.3, -0.25) is 0 Å². The van der Waals surface area contributed by atoms with Crippen LogP contribution in [0, 0.1) is 18.3 Å². The van der Waals surface area contributed by atoms with E-state index in [-0.39, 0.29) is 5.41 Å². The third-order valence-electron chi connectivity index (χ3n) is 4.50. The summed E-state index contributed by atoms with van der Waals surface area (Å²) in [6, 6.07) is 13.3. The lowest BCUT2D eigenvalue weighted by Crippen LogP contribution is -2.33. The third kappa shape index (κ3) is 3.45. The molecule has 0 atom stereocenters. The van der Waals surface area contributed by atoms with Crippen molar-refractivity contribution in [1.82, 2.24) is 0 Å². The van der Waals surface area contributed by atoms with E-state index < -0.39 is 5.41 Å². The maximum absolute atomic E-state index is 9.32. The smallest absolute Gasteiger partial charge is 0.201 e. The minimum Gasteiger partial charge on any atom is -0.201 e. The quantitative estimate of drug-likeness (QED) is 0.746. The lowest BCUT2D eigenvalue weighted by molar-refractivity contribution is -0.661. The molecule has 0 aliphatic rings. The van der Waals surface area contributed by atoms with Gasteiger partial charge in [-0.15, -0.1) is 0 Å². The van der Waals surface area contributed by atoms with Crippen LogP contribution in [0.15, 0.2) is 36.5 Å². The van der Waals surface area contributed by atoms with Crippen LogP contribution in [0.1, 0.15) is 51.3 Å². The van der Waals surface area contributed by atoms with Crippen LogP contribution in [0.5, 0.6) is 0 Å².